The summed E-state index contributed by atoms with van der Waals surface area (Å²) in [6, 6.07) is -0.959. The van der Waals surface area contributed by atoms with E-state index in [0.717, 1.165) is 0 Å². The van der Waals surface area contributed by atoms with Crippen LogP contribution in [0.1, 0.15) is 6.04 Å². The Morgan fingerprint density at radius 1 is 1.26 bits per heavy atom. The number of aliphatic hydroxyl groups excluding tert-OH is 1. The molecule has 0 radical (unpaired) electrons. The number of aromatic amines is 1. The Labute approximate surface area is 172 Å². The van der Waals surface area contributed by atoms with Crippen molar-refractivity contribution in [3.05, 3.63) is 28.8 Å². The van der Waals surface area contributed by atoms with Gasteiger partial charge in [-0.3, -0.25) is 14.3 Å². The fourth-order valence-electron chi connectivity index (χ4n) is 2.31. The summed E-state index contributed by atoms with van der Waals surface area (Å²) in [5.41, 5.74) is 4.92. The van der Waals surface area contributed by atoms with Crippen molar-refractivity contribution in [2.75, 3.05) is 25.3 Å². The number of ether oxygens (including phenoxy) is 1. The highest BCUT2D eigenvalue weighted by Crippen LogP contribution is 2.65. The number of aromatic nitrogens is 4. The monoisotopic (exact) mass is 505 g/mol. The summed E-state index contributed by atoms with van der Waals surface area (Å²) in [6.07, 6.45) is -0.0192. The molecule has 3 atom stereocenters. The predicted molar refractivity (Wildman–Crippen MR) is 103 cm³/mol. The maximum Gasteiger partial charge on any atom is 0.488 e. The van der Waals surface area contributed by atoms with Gasteiger partial charge in [0.1, 0.15) is 6.35 Å². The minimum absolute atomic E-state index is 0.0217. The lowest BCUT2D eigenvalue weighted by atomic mass is 10.1. The average Bonchev–Trinajstić information content (AvgIpc) is 2.96. The van der Waals surface area contributed by atoms with E-state index < -0.39 is 54.4 Å². The number of nitrogens with two attached hydrogens (primary N) is 1. The summed E-state index contributed by atoms with van der Waals surface area (Å²) in [6.45, 7) is 2.59. The third-order valence-corrected chi connectivity index (χ3v) is 7.44. The van der Waals surface area contributed by atoms with E-state index in [0.29, 0.717) is 0 Å². The first-order valence-electron chi connectivity index (χ1n) is 7.85. The third kappa shape index (κ3) is 7.14. The normalized spacial score (nSPS) is 17.2. The maximum atomic E-state index is 11.8. The SMILES string of the molecule is C=C(COCP(=O)(O)OP(=O)(O)OP(=O)(O)O)C(CO)n1cnc2c(=O)[nH]c(N)nc21. The van der Waals surface area contributed by atoms with Gasteiger partial charge in [0.2, 0.25) is 5.95 Å². The number of rotatable bonds is 11. The zero-order chi connectivity index (χ0) is 23.6. The second kappa shape index (κ2) is 9.40. The Kier molecular flexibility index (Phi) is 7.74. The maximum absolute atomic E-state index is 11.8. The van der Waals surface area contributed by atoms with Crippen LogP contribution in [0.4, 0.5) is 5.95 Å². The number of nitrogen functional groups attached to an aromatic ring is 1. The molecule has 2 heterocycles. The van der Waals surface area contributed by atoms with E-state index in [1.807, 2.05) is 0 Å². The lowest BCUT2D eigenvalue weighted by Crippen LogP contribution is -2.19. The number of phosphoric acid groups is 2. The van der Waals surface area contributed by atoms with E-state index in [-0.39, 0.29) is 22.7 Å². The molecule has 0 bridgehead atoms. The largest absolute Gasteiger partial charge is 0.488 e. The van der Waals surface area contributed by atoms with Crippen LogP contribution in [0, 0.1) is 0 Å². The van der Waals surface area contributed by atoms with E-state index in [9.17, 15) is 28.5 Å². The minimum Gasteiger partial charge on any atom is -0.394 e. The highest BCUT2D eigenvalue weighted by atomic mass is 31.3. The van der Waals surface area contributed by atoms with Crippen molar-refractivity contribution in [2.45, 2.75) is 6.04 Å². The molecule has 0 aliphatic heterocycles. The fraction of sp³-hybridized carbons (Fsp3) is 0.364. The van der Waals surface area contributed by atoms with E-state index in [2.05, 4.69) is 30.2 Å². The van der Waals surface area contributed by atoms with Gasteiger partial charge in [0.05, 0.1) is 25.6 Å². The number of imidazole rings is 1. The summed E-state index contributed by atoms with van der Waals surface area (Å²) >= 11 is 0. The molecular weight excluding hydrogens is 487 g/mol. The van der Waals surface area contributed by atoms with Gasteiger partial charge in [-0.2, -0.15) is 9.29 Å². The molecule has 20 heteroatoms. The molecule has 31 heavy (non-hydrogen) atoms. The Bertz CT molecular complexity index is 1170. The van der Waals surface area contributed by atoms with Crippen molar-refractivity contribution in [2.24, 2.45) is 0 Å². The molecule has 2 rings (SSSR count). The average molecular weight is 505 g/mol. The summed E-state index contributed by atoms with van der Waals surface area (Å²) in [5, 5.41) is 9.69. The molecule has 0 fully saturated rings. The highest BCUT2D eigenvalue weighted by molar-refractivity contribution is 7.68. The second-order valence-electron chi connectivity index (χ2n) is 5.87. The lowest BCUT2D eigenvalue weighted by Gasteiger charge is -2.20. The number of nitrogens with zero attached hydrogens (tertiary/aromatic N) is 3. The fourth-order valence-corrected chi connectivity index (χ4v) is 5.57. The van der Waals surface area contributed by atoms with Crippen LogP contribution in [0.25, 0.3) is 11.2 Å². The highest BCUT2D eigenvalue weighted by Gasteiger charge is 2.39. The van der Waals surface area contributed by atoms with Crippen LogP contribution in [0.5, 0.6) is 0 Å². The number of H-pyrrole nitrogens is 1. The molecule has 0 aliphatic rings. The van der Waals surface area contributed by atoms with Gasteiger partial charge in [0.25, 0.3) is 5.56 Å². The van der Waals surface area contributed by atoms with Gasteiger partial charge in [-0.25, -0.2) is 18.4 Å². The van der Waals surface area contributed by atoms with E-state index in [1.54, 1.807) is 0 Å². The zero-order valence-electron chi connectivity index (χ0n) is 15.3. The summed E-state index contributed by atoms with van der Waals surface area (Å²) < 4.78 is 47.2. The van der Waals surface area contributed by atoms with E-state index in [1.165, 1.54) is 10.9 Å². The van der Waals surface area contributed by atoms with Gasteiger partial charge in [0.15, 0.2) is 11.2 Å². The number of nitrogens with one attached hydrogen (secondary N) is 1. The topological polar surface area (TPSA) is 270 Å². The number of hydrogen-bond donors (Lipinski definition) is 7. The molecule has 0 amide bonds. The van der Waals surface area contributed by atoms with Gasteiger partial charge >= 0.3 is 23.2 Å². The zero-order valence-corrected chi connectivity index (χ0v) is 18.0. The van der Waals surface area contributed by atoms with Crippen LogP contribution >= 0.6 is 23.2 Å². The Hall–Kier alpha value is -1.74. The first-order valence-corrected chi connectivity index (χ1v) is 12.6. The van der Waals surface area contributed by atoms with Gasteiger partial charge in [0, 0.05) is 0 Å². The van der Waals surface area contributed by atoms with Gasteiger partial charge < -0.3 is 39.7 Å². The molecule has 0 saturated heterocycles. The Morgan fingerprint density at radius 2 is 1.90 bits per heavy atom. The molecule has 174 valence electrons. The molecule has 3 unspecified atom stereocenters. The van der Waals surface area contributed by atoms with E-state index in [4.69, 9.17) is 25.2 Å². The van der Waals surface area contributed by atoms with Crippen molar-refractivity contribution in [1.82, 2.24) is 19.5 Å². The molecule has 0 spiro atoms. The number of anilines is 1. The summed E-state index contributed by atoms with van der Waals surface area (Å²) in [7, 11) is -16.1. The first-order chi connectivity index (χ1) is 14.1. The van der Waals surface area contributed by atoms with Crippen LogP contribution in [0.3, 0.4) is 0 Å². The molecule has 2 aromatic rings. The van der Waals surface area contributed by atoms with Gasteiger partial charge in [-0.05, 0) is 5.57 Å². The molecule has 8 N–H and O–H groups in total. The summed E-state index contributed by atoms with van der Waals surface area (Å²) in [5.74, 6) is -0.206. The van der Waals surface area contributed by atoms with Crippen LogP contribution in [0.15, 0.2) is 23.3 Å². The molecule has 2 aromatic heterocycles. The van der Waals surface area contributed by atoms with Crippen molar-refractivity contribution in [1.29, 1.82) is 0 Å². The second-order valence-corrected chi connectivity index (χ2v) is 10.6. The van der Waals surface area contributed by atoms with Crippen molar-refractivity contribution < 1.29 is 51.7 Å². The molecule has 0 aromatic carbocycles. The van der Waals surface area contributed by atoms with Crippen molar-refractivity contribution >= 4 is 40.4 Å². The standard InChI is InChI=1S/C11H18N5O12P3/c1-6(3-26-5-29(19,20)27-31(24,25)28-30(21,22)23)7(2-17)16-4-13-8-9(16)14-11(12)15-10(8)18/h4,7,17H,1-3,5H2,(H,19,20)(H,24,25)(H2,21,22,23)(H3,12,14,15,18). The molecule has 0 saturated carbocycles. The Morgan fingerprint density at radius 3 is 2.48 bits per heavy atom. The minimum atomic E-state index is -5.58. The van der Waals surface area contributed by atoms with Crippen LogP contribution in [-0.2, 0) is 27.1 Å². The van der Waals surface area contributed by atoms with E-state index >= 15 is 0 Å². The van der Waals surface area contributed by atoms with Gasteiger partial charge in [-0.1, -0.05) is 6.58 Å². The number of fused-ring (bicyclic) bond motifs is 1. The third-order valence-electron chi connectivity index (χ3n) is 3.41. The number of hydrogen-bond acceptors (Lipinski definition) is 11. The molecule has 17 nitrogen and oxygen atoms in total. The van der Waals surface area contributed by atoms with Crippen molar-refractivity contribution in [3.8, 4) is 0 Å². The van der Waals surface area contributed by atoms with Crippen LogP contribution in [-0.4, -0.2) is 63.8 Å². The Balaban J connectivity index is 2.06. The summed E-state index contributed by atoms with van der Waals surface area (Å²) in [4.78, 5) is 57.5. The van der Waals surface area contributed by atoms with Crippen LogP contribution in [0.2, 0.25) is 0 Å². The van der Waals surface area contributed by atoms with Crippen LogP contribution < -0.4 is 11.3 Å². The number of aliphatic hydroxyl groups is 1. The lowest BCUT2D eigenvalue weighted by molar-refractivity contribution is 0.158. The quantitative estimate of drug-likeness (QED) is 0.145. The van der Waals surface area contributed by atoms with Gasteiger partial charge in [-0.15, -0.1) is 0 Å². The molecular formula is C11H18N5O12P3. The smallest absolute Gasteiger partial charge is 0.394 e. The van der Waals surface area contributed by atoms with Crippen molar-refractivity contribution in [3.63, 3.8) is 0 Å². The predicted octanol–water partition coefficient (Wildman–Crippen LogP) is -0.823. The molecule has 0 aliphatic carbocycles. The first kappa shape index (κ1) is 25.5.